The zero-order valence-electron chi connectivity index (χ0n) is 17.0. The van der Waals surface area contributed by atoms with Crippen molar-refractivity contribution in [1.82, 2.24) is 5.32 Å². The Morgan fingerprint density at radius 1 is 0.871 bits per heavy atom. The van der Waals surface area contributed by atoms with Gasteiger partial charge >= 0.3 is 11.9 Å². The number of hydrogen-bond donors (Lipinski definition) is 2. The monoisotopic (exact) mass is 413 g/mol. The van der Waals surface area contributed by atoms with Crippen LogP contribution in [0.1, 0.15) is 28.2 Å². The molecule has 5 rings (SSSR count). The first-order chi connectivity index (χ1) is 15.1. The highest BCUT2D eigenvalue weighted by molar-refractivity contribution is 5.98. The lowest BCUT2D eigenvalue weighted by Gasteiger charge is -2.20. The van der Waals surface area contributed by atoms with E-state index >= 15 is 0 Å². The zero-order chi connectivity index (χ0) is 21.4. The standard InChI is InChI=1S/C26H23NO4/c28-25(29)24(27-18-13-16-7-1-2-8-17(16)14-18)26(30)31-15-23-21-11-5-3-9-19(21)20-10-4-6-12-22(20)23/h1-12,18,23-24,27H,13-15H2,(H,28,29)/t24-/m1/s1. The van der Waals surface area contributed by atoms with Gasteiger partial charge in [0.1, 0.15) is 6.61 Å². The van der Waals surface area contributed by atoms with Crippen molar-refractivity contribution in [3.05, 3.63) is 95.1 Å². The minimum atomic E-state index is -1.38. The number of carboxylic acids is 1. The van der Waals surface area contributed by atoms with Crippen molar-refractivity contribution < 1.29 is 19.4 Å². The van der Waals surface area contributed by atoms with Gasteiger partial charge in [0.2, 0.25) is 6.04 Å². The Labute approximate surface area is 180 Å². The number of ether oxygens (including phenoxy) is 1. The molecule has 0 fully saturated rings. The van der Waals surface area contributed by atoms with Crippen LogP contribution in [0.4, 0.5) is 0 Å². The predicted molar refractivity (Wildman–Crippen MR) is 117 cm³/mol. The molecule has 156 valence electrons. The summed E-state index contributed by atoms with van der Waals surface area (Å²) < 4.78 is 5.57. The summed E-state index contributed by atoms with van der Waals surface area (Å²) in [6.45, 7) is 0.114. The van der Waals surface area contributed by atoms with Crippen molar-refractivity contribution >= 4 is 11.9 Å². The lowest BCUT2D eigenvalue weighted by molar-refractivity contribution is -0.155. The molecule has 2 aliphatic rings. The lowest BCUT2D eigenvalue weighted by atomic mass is 9.98. The molecule has 0 heterocycles. The van der Waals surface area contributed by atoms with E-state index in [0.29, 0.717) is 12.8 Å². The summed E-state index contributed by atoms with van der Waals surface area (Å²) in [6, 6.07) is 22.7. The maximum atomic E-state index is 12.8. The van der Waals surface area contributed by atoms with Crippen LogP contribution in [0.3, 0.4) is 0 Å². The molecule has 0 aliphatic heterocycles. The first kappa shape index (κ1) is 19.5. The molecule has 5 nitrogen and oxygen atoms in total. The number of esters is 1. The number of carbonyl (C=O) groups is 2. The Morgan fingerprint density at radius 2 is 1.39 bits per heavy atom. The van der Waals surface area contributed by atoms with Gasteiger partial charge in [0.15, 0.2) is 0 Å². The minimum Gasteiger partial charge on any atom is -0.480 e. The number of aliphatic carboxylic acids is 1. The summed E-state index contributed by atoms with van der Waals surface area (Å²) in [5.41, 5.74) is 6.85. The molecule has 0 amide bonds. The number of fused-ring (bicyclic) bond motifs is 4. The molecule has 0 unspecified atom stereocenters. The summed E-state index contributed by atoms with van der Waals surface area (Å²) >= 11 is 0. The Kier molecular flexibility index (Phi) is 5.04. The maximum Gasteiger partial charge on any atom is 0.334 e. The molecule has 5 heteroatoms. The van der Waals surface area contributed by atoms with Crippen molar-refractivity contribution in [3.8, 4) is 11.1 Å². The third-order valence-electron chi connectivity index (χ3n) is 6.29. The Hall–Kier alpha value is -3.44. The molecule has 2 N–H and O–H groups in total. The third-order valence-corrected chi connectivity index (χ3v) is 6.29. The number of nitrogens with one attached hydrogen (secondary N) is 1. The van der Waals surface area contributed by atoms with Crippen molar-refractivity contribution in [2.45, 2.75) is 30.8 Å². The summed E-state index contributed by atoms with van der Waals surface area (Å²) in [5.74, 6) is -2.06. The van der Waals surface area contributed by atoms with E-state index in [-0.39, 0.29) is 18.6 Å². The average molecular weight is 413 g/mol. The second-order valence-electron chi connectivity index (χ2n) is 8.17. The number of carbonyl (C=O) groups excluding carboxylic acids is 1. The van der Waals surface area contributed by atoms with Crippen LogP contribution in [0, 0.1) is 0 Å². The van der Waals surface area contributed by atoms with Gasteiger partial charge in [-0.2, -0.15) is 0 Å². The molecule has 0 saturated heterocycles. The first-order valence-corrected chi connectivity index (χ1v) is 10.5. The lowest BCUT2D eigenvalue weighted by Crippen LogP contribution is -2.49. The van der Waals surface area contributed by atoms with E-state index < -0.39 is 18.0 Å². The summed E-state index contributed by atoms with van der Waals surface area (Å²) in [6.07, 6.45) is 1.41. The SMILES string of the molecule is O=C(O)[C@@H](NC1Cc2ccccc2C1)C(=O)OCC1c2ccccc2-c2ccccc21. The van der Waals surface area contributed by atoms with Gasteiger partial charge in [-0.3, -0.25) is 5.32 Å². The van der Waals surface area contributed by atoms with Crippen LogP contribution in [0.2, 0.25) is 0 Å². The molecule has 3 aromatic carbocycles. The normalized spacial score (nSPS) is 15.7. The number of rotatable bonds is 6. The number of carboxylic acid groups (broad SMARTS) is 1. The van der Waals surface area contributed by atoms with Gasteiger partial charge in [-0.1, -0.05) is 72.8 Å². The van der Waals surface area contributed by atoms with Crippen LogP contribution in [0.5, 0.6) is 0 Å². The van der Waals surface area contributed by atoms with Gasteiger partial charge < -0.3 is 9.84 Å². The quantitative estimate of drug-likeness (QED) is 0.478. The molecule has 0 aromatic heterocycles. The van der Waals surface area contributed by atoms with Crippen LogP contribution in [0.25, 0.3) is 11.1 Å². The van der Waals surface area contributed by atoms with Crippen LogP contribution >= 0.6 is 0 Å². The Balaban J connectivity index is 1.29. The van der Waals surface area contributed by atoms with E-state index in [1.165, 1.54) is 11.1 Å². The van der Waals surface area contributed by atoms with Crippen molar-refractivity contribution in [2.75, 3.05) is 6.61 Å². The van der Waals surface area contributed by atoms with Gasteiger partial charge in [-0.05, 0) is 46.2 Å². The van der Waals surface area contributed by atoms with E-state index in [1.807, 2.05) is 60.7 Å². The molecular formula is C26H23NO4. The van der Waals surface area contributed by atoms with Gasteiger partial charge in [0.25, 0.3) is 0 Å². The Morgan fingerprint density at radius 3 is 1.94 bits per heavy atom. The van der Waals surface area contributed by atoms with Crippen LogP contribution in [0.15, 0.2) is 72.8 Å². The molecular weight excluding hydrogens is 390 g/mol. The smallest absolute Gasteiger partial charge is 0.334 e. The van der Waals surface area contributed by atoms with E-state index in [1.54, 1.807) is 0 Å². The van der Waals surface area contributed by atoms with E-state index in [4.69, 9.17) is 4.74 Å². The predicted octanol–water partition coefficient (Wildman–Crippen LogP) is 3.55. The molecule has 0 bridgehead atoms. The van der Waals surface area contributed by atoms with E-state index in [9.17, 15) is 14.7 Å². The highest BCUT2D eigenvalue weighted by Gasteiger charge is 2.35. The van der Waals surface area contributed by atoms with Gasteiger partial charge in [-0.25, -0.2) is 9.59 Å². The Bertz CT molecular complexity index is 1080. The van der Waals surface area contributed by atoms with Crippen LogP contribution in [-0.2, 0) is 27.2 Å². The minimum absolute atomic E-state index is 0.0958. The fourth-order valence-electron chi connectivity index (χ4n) is 4.84. The highest BCUT2D eigenvalue weighted by Crippen LogP contribution is 2.44. The molecule has 0 spiro atoms. The number of hydrogen-bond acceptors (Lipinski definition) is 4. The fraction of sp³-hybridized carbons (Fsp3) is 0.231. The largest absolute Gasteiger partial charge is 0.480 e. The molecule has 1 atom stereocenters. The summed E-state index contributed by atoms with van der Waals surface area (Å²) in [4.78, 5) is 24.6. The van der Waals surface area contributed by atoms with E-state index in [0.717, 1.165) is 22.3 Å². The molecule has 0 saturated carbocycles. The third kappa shape index (κ3) is 3.62. The van der Waals surface area contributed by atoms with Gasteiger partial charge in [0, 0.05) is 12.0 Å². The summed E-state index contributed by atoms with van der Waals surface area (Å²) in [7, 11) is 0. The second kappa shape index (κ2) is 8.00. The zero-order valence-corrected chi connectivity index (χ0v) is 17.0. The molecule has 3 aromatic rings. The van der Waals surface area contributed by atoms with Crippen molar-refractivity contribution in [2.24, 2.45) is 0 Å². The molecule has 31 heavy (non-hydrogen) atoms. The fourth-order valence-corrected chi connectivity index (χ4v) is 4.84. The van der Waals surface area contributed by atoms with Gasteiger partial charge in [-0.15, -0.1) is 0 Å². The topological polar surface area (TPSA) is 75.6 Å². The summed E-state index contributed by atoms with van der Waals surface area (Å²) in [5, 5.41) is 12.7. The molecule has 0 radical (unpaired) electrons. The number of benzene rings is 3. The van der Waals surface area contributed by atoms with Crippen LogP contribution in [-0.4, -0.2) is 35.7 Å². The maximum absolute atomic E-state index is 12.8. The van der Waals surface area contributed by atoms with Crippen molar-refractivity contribution in [3.63, 3.8) is 0 Å². The van der Waals surface area contributed by atoms with Gasteiger partial charge in [0.05, 0.1) is 0 Å². The first-order valence-electron chi connectivity index (χ1n) is 10.5. The second-order valence-corrected chi connectivity index (χ2v) is 8.17. The average Bonchev–Trinajstić information content (AvgIpc) is 3.34. The van der Waals surface area contributed by atoms with Crippen LogP contribution < -0.4 is 5.32 Å². The molecule has 2 aliphatic carbocycles. The van der Waals surface area contributed by atoms with E-state index in [2.05, 4.69) is 17.4 Å². The highest BCUT2D eigenvalue weighted by atomic mass is 16.5. The van der Waals surface area contributed by atoms with Crippen molar-refractivity contribution in [1.29, 1.82) is 0 Å².